The number of methoxy groups -OCH3 is 1. The van der Waals surface area contributed by atoms with Crippen molar-refractivity contribution in [1.82, 2.24) is 19.5 Å². The first kappa shape index (κ1) is 25.8. The molecule has 1 aromatic heterocycles. The maximum Gasteiger partial charge on any atom is 0.251 e. The zero-order valence-electron chi connectivity index (χ0n) is 20.5. The topological polar surface area (TPSA) is 126 Å². The third-order valence-electron chi connectivity index (χ3n) is 6.56. The van der Waals surface area contributed by atoms with E-state index in [2.05, 4.69) is 10.3 Å². The van der Waals surface area contributed by atoms with E-state index in [-0.39, 0.29) is 35.6 Å². The fourth-order valence-corrected chi connectivity index (χ4v) is 6.44. The summed E-state index contributed by atoms with van der Waals surface area (Å²) < 4.78 is 32.7. The Labute approximate surface area is 210 Å². The lowest BCUT2D eigenvalue weighted by atomic mass is 10.0. The van der Waals surface area contributed by atoms with Gasteiger partial charge in [0.05, 0.1) is 19.7 Å². The molecule has 10 nitrogen and oxygen atoms in total. The first-order chi connectivity index (χ1) is 17.1. The van der Waals surface area contributed by atoms with Gasteiger partial charge >= 0.3 is 0 Å². The Morgan fingerprint density at radius 2 is 1.92 bits per heavy atom. The lowest BCUT2D eigenvalue weighted by molar-refractivity contribution is -0.138. The predicted molar refractivity (Wildman–Crippen MR) is 131 cm³/mol. The monoisotopic (exact) mass is 514 g/mol. The van der Waals surface area contributed by atoms with Gasteiger partial charge in [-0.15, -0.1) is 0 Å². The van der Waals surface area contributed by atoms with Gasteiger partial charge in [-0.1, -0.05) is 13.8 Å². The molecule has 0 saturated carbocycles. The highest BCUT2D eigenvalue weighted by molar-refractivity contribution is 7.89. The Kier molecular flexibility index (Phi) is 7.41. The number of sulfonamides is 1. The molecule has 2 aromatic rings. The largest absolute Gasteiger partial charge is 0.497 e. The molecule has 0 radical (unpaired) electrons. The van der Waals surface area contributed by atoms with Crippen molar-refractivity contribution in [3.8, 4) is 5.75 Å². The number of Topliss-reactive ketones (excluding diaryl/α,β-unsaturated/α-hetero) is 1. The van der Waals surface area contributed by atoms with Gasteiger partial charge in [-0.2, -0.15) is 4.31 Å². The summed E-state index contributed by atoms with van der Waals surface area (Å²) in [6.45, 7) is 3.81. The molecule has 3 heterocycles. The van der Waals surface area contributed by atoms with Crippen LogP contribution in [-0.4, -0.2) is 78.5 Å². The van der Waals surface area contributed by atoms with Crippen LogP contribution in [0.15, 0.2) is 53.7 Å². The molecule has 0 aliphatic carbocycles. The number of ketones is 1. The summed E-state index contributed by atoms with van der Waals surface area (Å²) in [6.07, 6.45) is 3.43. The van der Waals surface area contributed by atoms with Crippen LogP contribution in [0.1, 0.15) is 37.0 Å². The minimum Gasteiger partial charge on any atom is -0.497 e. The molecule has 2 amide bonds. The Morgan fingerprint density at radius 3 is 2.53 bits per heavy atom. The van der Waals surface area contributed by atoms with Gasteiger partial charge in [-0.25, -0.2) is 8.42 Å². The SMILES string of the molecule is COc1ccc(C(=O)NC(CC(C)C)C(=O)N2CCC3C2C(=O)CN3S(=O)(=O)c2cccnc2)cc1. The minimum absolute atomic E-state index is 0.00710. The summed E-state index contributed by atoms with van der Waals surface area (Å²) in [4.78, 5) is 44.8. The van der Waals surface area contributed by atoms with E-state index in [1.165, 1.54) is 40.8 Å². The third-order valence-corrected chi connectivity index (χ3v) is 8.42. The lowest BCUT2D eigenvalue weighted by Crippen LogP contribution is -2.53. The number of likely N-dealkylation sites (tertiary alicyclic amines) is 1. The number of fused-ring (bicyclic) bond motifs is 1. The molecule has 192 valence electrons. The number of amides is 2. The number of aromatic nitrogens is 1. The second-order valence-electron chi connectivity index (χ2n) is 9.42. The van der Waals surface area contributed by atoms with Crippen LogP contribution in [0.2, 0.25) is 0 Å². The van der Waals surface area contributed by atoms with Crippen molar-refractivity contribution in [3.05, 3.63) is 54.4 Å². The number of hydrogen-bond acceptors (Lipinski definition) is 7. The van der Waals surface area contributed by atoms with Crippen LogP contribution < -0.4 is 10.1 Å². The minimum atomic E-state index is -3.94. The van der Waals surface area contributed by atoms with Crippen LogP contribution in [0.3, 0.4) is 0 Å². The summed E-state index contributed by atoms with van der Waals surface area (Å²) in [5.41, 5.74) is 0.377. The highest BCUT2D eigenvalue weighted by atomic mass is 32.2. The Hall–Kier alpha value is -3.31. The molecule has 0 spiro atoms. The van der Waals surface area contributed by atoms with Crippen LogP contribution in [0.25, 0.3) is 0 Å². The van der Waals surface area contributed by atoms with E-state index in [4.69, 9.17) is 4.74 Å². The number of rotatable bonds is 8. The van der Waals surface area contributed by atoms with E-state index >= 15 is 0 Å². The van der Waals surface area contributed by atoms with Crippen molar-refractivity contribution in [2.75, 3.05) is 20.2 Å². The summed E-state index contributed by atoms with van der Waals surface area (Å²) in [5.74, 6) is -0.425. The maximum absolute atomic E-state index is 13.6. The van der Waals surface area contributed by atoms with E-state index in [0.717, 1.165) is 0 Å². The zero-order chi connectivity index (χ0) is 26.0. The van der Waals surface area contributed by atoms with E-state index < -0.39 is 34.1 Å². The molecule has 2 aliphatic rings. The fraction of sp³-hybridized carbons (Fsp3) is 0.440. The highest BCUT2D eigenvalue weighted by Crippen LogP contribution is 2.34. The average Bonchev–Trinajstić information content (AvgIpc) is 3.45. The van der Waals surface area contributed by atoms with Gasteiger partial charge in [0.25, 0.3) is 5.91 Å². The molecule has 3 atom stereocenters. The number of pyridine rings is 1. The summed E-state index contributed by atoms with van der Waals surface area (Å²) in [5, 5.41) is 2.82. The van der Waals surface area contributed by atoms with E-state index in [1.54, 1.807) is 24.3 Å². The molecule has 2 saturated heterocycles. The molecule has 4 rings (SSSR count). The number of carbonyl (C=O) groups is 3. The van der Waals surface area contributed by atoms with Gasteiger partial charge in [-0.3, -0.25) is 19.4 Å². The van der Waals surface area contributed by atoms with E-state index in [1.807, 2.05) is 13.8 Å². The lowest BCUT2D eigenvalue weighted by Gasteiger charge is -2.29. The van der Waals surface area contributed by atoms with E-state index in [9.17, 15) is 22.8 Å². The Balaban J connectivity index is 1.53. The third kappa shape index (κ3) is 4.98. The second kappa shape index (κ2) is 10.4. The molecule has 2 fully saturated rings. The molecule has 1 N–H and O–H groups in total. The summed E-state index contributed by atoms with van der Waals surface area (Å²) >= 11 is 0. The van der Waals surface area contributed by atoms with Gasteiger partial charge in [0.15, 0.2) is 5.78 Å². The van der Waals surface area contributed by atoms with Gasteiger partial charge in [0.2, 0.25) is 15.9 Å². The van der Waals surface area contributed by atoms with Crippen molar-refractivity contribution in [1.29, 1.82) is 0 Å². The van der Waals surface area contributed by atoms with Crippen molar-refractivity contribution < 1.29 is 27.5 Å². The molecule has 11 heteroatoms. The second-order valence-corrected chi connectivity index (χ2v) is 11.3. The summed E-state index contributed by atoms with van der Waals surface area (Å²) in [7, 11) is -2.41. The Bertz CT molecular complexity index is 1230. The number of ether oxygens (including phenoxy) is 1. The normalized spacial score (nSPS) is 20.9. The van der Waals surface area contributed by atoms with Gasteiger partial charge in [0.1, 0.15) is 22.7 Å². The van der Waals surface area contributed by atoms with Crippen LogP contribution in [0.5, 0.6) is 5.75 Å². The van der Waals surface area contributed by atoms with Crippen LogP contribution in [0.4, 0.5) is 0 Å². The maximum atomic E-state index is 13.6. The number of benzene rings is 1. The van der Waals surface area contributed by atoms with Gasteiger partial charge < -0.3 is 15.0 Å². The van der Waals surface area contributed by atoms with Crippen molar-refractivity contribution >= 4 is 27.6 Å². The number of nitrogens with one attached hydrogen (secondary N) is 1. The van der Waals surface area contributed by atoms with Crippen molar-refractivity contribution in [3.63, 3.8) is 0 Å². The zero-order valence-corrected chi connectivity index (χ0v) is 21.3. The smallest absolute Gasteiger partial charge is 0.251 e. The molecule has 1 aromatic carbocycles. The molecule has 3 unspecified atom stereocenters. The number of nitrogens with zero attached hydrogens (tertiary/aromatic N) is 3. The molecule has 36 heavy (non-hydrogen) atoms. The Morgan fingerprint density at radius 1 is 1.19 bits per heavy atom. The van der Waals surface area contributed by atoms with Crippen molar-refractivity contribution in [2.24, 2.45) is 5.92 Å². The molecule has 0 bridgehead atoms. The molecular weight excluding hydrogens is 484 g/mol. The van der Waals surface area contributed by atoms with Crippen LogP contribution in [-0.2, 0) is 19.6 Å². The first-order valence-electron chi connectivity index (χ1n) is 11.8. The van der Waals surface area contributed by atoms with Gasteiger partial charge in [-0.05, 0) is 55.2 Å². The average molecular weight is 515 g/mol. The quantitative estimate of drug-likeness (QED) is 0.565. The first-order valence-corrected chi connectivity index (χ1v) is 13.3. The van der Waals surface area contributed by atoms with Crippen molar-refractivity contribution in [2.45, 2.75) is 49.7 Å². The fourth-order valence-electron chi connectivity index (χ4n) is 4.85. The van der Waals surface area contributed by atoms with E-state index in [0.29, 0.717) is 24.2 Å². The van der Waals surface area contributed by atoms with Crippen LogP contribution in [0, 0.1) is 5.92 Å². The number of carbonyl (C=O) groups excluding carboxylic acids is 3. The predicted octanol–water partition coefficient (Wildman–Crippen LogP) is 1.48. The van der Waals surface area contributed by atoms with Crippen LogP contribution >= 0.6 is 0 Å². The highest BCUT2D eigenvalue weighted by Gasteiger charge is 2.54. The summed E-state index contributed by atoms with van der Waals surface area (Å²) in [6, 6.07) is 7.12. The molecule has 2 aliphatic heterocycles. The van der Waals surface area contributed by atoms with Gasteiger partial charge in [0, 0.05) is 24.5 Å². The standard InChI is InChI=1S/C25H30N4O6S/c1-16(2)13-20(27-24(31)17-6-8-18(35-3)9-7-17)25(32)28-12-10-21-23(28)22(30)15-29(21)36(33,34)19-5-4-11-26-14-19/h4-9,11,14,16,20-21,23H,10,12-13,15H2,1-3H3,(H,27,31). The molecular formula is C25H30N4O6S. The number of hydrogen-bond donors (Lipinski definition) is 1.